The van der Waals surface area contributed by atoms with Gasteiger partial charge in [-0.15, -0.1) is 0 Å². The minimum Gasteiger partial charge on any atom is -0.484 e. The Balaban J connectivity index is 1.45. The average molecular weight is 436 g/mol. The van der Waals surface area contributed by atoms with Gasteiger partial charge in [0.2, 0.25) is 0 Å². The Hall–Kier alpha value is -4.14. The predicted octanol–water partition coefficient (Wildman–Crippen LogP) is 3.25. The molecule has 4 rings (SSSR count). The molecule has 0 saturated heterocycles. The number of benzene rings is 2. The lowest BCUT2D eigenvalue weighted by Crippen LogP contribution is -2.34. The van der Waals surface area contributed by atoms with E-state index in [2.05, 4.69) is 15.3 Å². The van der Waals surface area contributed by atoms with E-state index in [1.165, 1.54) is 28.8 Å². The molecule has 0 aliphatic carbocycles. The van der Waals surface area contributed by atoms with Crippen LogP contribution in [0.5, 0.6) is 5.75 Å². The lowest BCUT2D eigenvalue weighted by molar-refractivity contribution is -0.118. The standard InChI is InChI=1S/C23H21FN4O4/c1-2-11-28-22(30)21-19(27-23(28)31)12-18(26-21)14-3-9-17(10-4-14)32-13-20(29)25-16-7-5-15(24)6-8-16/h3-10,12,26H,2,11,13H2,1H3,(H,25,29)(H,27,31). The average Bonchev–Trinajstić information content (AvgIpc) is 3.21. The van der Waals surface area contributed by atoms with Gasteiger partial charge in [-0.2, -0.15) is 0 Å². The first kappa shape index (κ1) is 21.1. The summed E-state index contributed by atoms with van der Waals surface area (Å²) in [4.78, 5) is 42.5. The summed E-state index contributed by atoms with van der Waals surface area (Å²) < 4.78 is 19.6. The van der Waals surface area contributed by atoms with Crippen molar-refractivity contribution in [1.29, 1.82) is 0 Å². The van der Waals surface area contributed by atoms with Crippen LogP contribution in [-0.4, -0.2) is 27.0 Å². The monoisotopic (exact) mass is 436 g/mol. The molecule has 2 aromatic heterocycles. The van der Waals surface area contributed by atoms with Crippen LogP contribution in [0.25, 0.3) is 22.3 Å². The summed E-state index contributed by atoms with van der Waals surface area (Å²) in [6.45, 7) is 2.03. The normalized spacial score (nSPS) is 10.9. The van der Waals surface area contributed by atoms with Crippen molar-refractivity contribution in [1.82, 2.24) is 14.5 Å². The number of nitrogens with zero attached hydrogens (tertiary/aromatic N) is 1. The van der Waals surface area contributed by atoms with Gasteiger partial charge in [0.25, 0.3) is 11.5 Å². The highest BCUT2D eigenvalue weighted by Crippen LogP contribution is 2.23. The molecule has 1 amide bonds. The van der Waals surface area contributed by atoms with Crippen LogP contribution >= 0.6 is 0 Å². The van der Waals surface area contributed by atoms with E-state index in [0.29, 0.717) is 41.1 Å². The Morgan fingerprint density at radius 2 is 1.78 bits per heavy atom. The van der Waals surface area contributed by atoms with Gasteiger partial charge in [-0.1, -0.05) is 6.92 Å². The van der Waals surface area contributed by atoms with Crippen molar-refractivity contribution in [2.24, 2.45) is 0 Å². The number of nitrogens with one attached hydrogen (secondary N) is 3. The second kappa shape index (κ2) is 8.93. The Morgan fingerprint density at radius 3 is 2.47 bits per heavy atom. The maximum atomic E-state index is 12.9. The first-order chi connectivity index (χ1) is 15.4. The number of anilines is 1. The van der Waals surface area contributed by atoms with Crippen LogP contribution < -0.4 is 21.3 Å². The van der Waals surface area contributed by atoms with E-state index in [-0.39, 0.29) is 23.9 Å². The van der Waals surface area contributed by atoms with Gasteiger partial charge in [-0.3, -0.25) is 14.2 Å². The van der Waals surface area contributed by atoms with Crippen LogP contribution in [0.3, 0.4) is 0 Å². The fourth-order valence-corrected chi connectivity index (χ4v) is 3.32. The molecule has 164 valence electrons. The molecule has 0 atom stereocenters. The minimum atomic E-state index is -0.433. The molecule has 0 radical (unpaired) electrons. The maximum absolute atomic E-state index is 12.9. The maximum Gasteiger partial charge on any atom is 0.328 e. The van der Waals surface area contributed by atoms with Gasteiger partial charge in [0, 0.05) is 17.9 Å². The van der Waals surface area contributed by atoms with E-state index in [9.17, 15) is 18.8 Å². The quantitative estimate of drug-likeness (QED) is 0.413. The molecule has 0 spiro atoms. The molecule has 0 saturated carbocycles. The number of H-pyrrole nitrogens is 2. The summed E-state index contributed by atoms with van der Waals surface area (Å²) in [7, 11) is 0. The number of carbonyl (C=O) groups excluding carboxylic acids is 1. The van der Waals surface area contributed by atoms with Gasteiger partial charge >= 0.3 is 5.69 Å². The summed E-state index contributed by atoms with van der Waals surface area (Å²) >= 11 is 0. The molecule has 9 heteroatoms. The molecule has 0 fully saturated rings. The van der Waals surface area contributed by atoms with Crippen molar-refractivity contribution >= 4 is 22.6 Å². The second-order valence-electron chi connectivity index (χ2n) is 7.23. The van der Waals surface area contributed by atoms with Crippen molar-refractivity contribution in [3.63, 3.8) is 0 Å². The number of rotatable bonds is 7. The first-order valence-electron chi connectivity index (χ1n) is 10.1. The van der Waals surface area contributed by atoms with E-state index in [4.69, 9.17) is 4.74 Å². The summed E-state index contributed by atoms with van der Waals surface area (Å²) in [5.41, 5.74) is 1.92. The molecule has 0 bridgehead atoms. The first-order valence-corrected chi connectivity index (χ1v) is 10.1. The predicted molar refractivity (Wildman–Crippen MR) is 119 cm³/mol. The highest BCUT2D eigenvalue weighted by Gasteiger charge is 2.12. The number of ether oxygens (including phenoxy) is 1. The van der Waals surface area contributed by atoms with E-state index < -0.39 is 5.69 Å². The SMILES string of the molecule is CCCn1c(=O)[nH]c2cc(-c3ccc(OCC(=O)Nc4ccc(F)cc4)cc3)[nH]c2c1=O. The number of hydrogen-bond acceptors (Lipinski definition) is 4. The largest absolute Gasteiger partial charge is 0.484 e. The van der Waals surface area contributed by atoms with Crippen LogP contribution in [0.15, 0.2) is 64.2 Å². The zero-order valence-electron chi connectivity index (χ0n) is 17.3. The highest BCUT2D eigenvalue weighted by molar-refractivity contribution is 5.91. The van der Waals surface area contributed by atoms with Gasteiger partial charge in [0.1, 0.15) is 17.1 Å². The van der Waals surface area contributed by atoms with Crippen LogP contribution in [0.1, 0.15) is 13.3 Å². The molecule has 0 aliphatic rings. The van der Waals surface area contributed by atoms with Gasteiger partial charge in [-0.25, -0.2) is 9.18 Å². The van der Waals surface area contributed by atoms with Gasteiger partial charge in [-0.05, 0) is 66.6 Å². The third kappa shape index (κ3) is 4.46. The Morgan fingerprint density at radius 1 is 1.06 bits per heavy atom. The third-order valence-corrected chi connectivity index (χ3v) is 4.87. The summed E-state index contributed by atoms with van der Waals surface area (Å²) in [5.74, 6) is -0.270. The highest BCUT2D eigenvalue weighted by atomic mass is 19.1. The summed E-state index contributed by atoms with van der Waals surface area (Å²) in [5, 5.41) is 2.62. The van der Waals surface area contributed by atoms with Gasteiger partial charge < -0.3 is 20.0 Å². The number of aromatic amines is 2. The number of halogens is 1. The van der Waals surface area contributed by atoms with Crippen LogP contribution in [0, 0.1) is 5.82 Å². The fourth-order valence-electron chi connectivity index (χ4n) is 3.32. The third-order valence-electron chi connectivity index (χ3n) is 4.87. The zero-order chi connectivity index (χ0) is 22.7. The van der Waals surface area contributed by atoms with Gasteiger partial charge in [0.15, 0.2) is 6.61 Å². The smallest absolute Gasteiger partial charge is 0.328 e. The van der Waals surface area contributed by atoms with Crippen molar-refractivity contribution in [3.05, 3.63) is 81.3 Å². The lowest BCUT2D eigenvalue weighted by atomic mass is 10.1. The van der Waals surface area contributed by atoms with Crippen LogP contribution in [-0.2, 0) is 11.3 Å². The van der Waals surface area contributed by atoms with Crippen LogP contribution in [0.2, 0.25) is 0 Å². The number of amides is 1. The van der Waals surface area contributed by atoms with E-state index in [1.54, 1.807) is 30.3 Å². The van der Waals surface area contributed by atoms with Gasteiger partial charge in [0.05, 0.1) is 5.52 Å². The lowest BCUT2D eigenvalue weighted by Gasteiger charge is -2.08. The van der Waals surface area contributed by atoms with E-state index in [1.807, 2.05) is 6.92 Å². The molecule has 2 aromatic carbocycles. The molecule has 0 unspecified atom stereocenters. The van der Waals surface area contributed by atoms with E-state index >= 15 is 0 Å². The minimum absolute atomic E-state index is 0.207. The Labute approximate surface area is 181 Å². The fraction of sp³-hybridized carbons (Fsp3) is 0.174. The summed E-state index contributed by atoms with van der Waals surface area (Å²) in [6, 6.07) is 14.1. The van der Waals surface area contributed by atoms with Crippen molar-refractivity contribution in [3.8, 4) is 17.0 Å². The zero-order valence-corrected chi connectivity index (χ0v) is 17.3. The number of hydrogen-bond donors (Lipinski definition) is 3. The van der Waals surface area contributed by atoms with Crippen molar-refractivity contribution in [2.45, 2.75) is 19.9 Å². The van der Waals surface area contributed by atoms with E-state index in [0.717, 1.165) is 5.56 Å². The second-order valence-corrected chi connectivity index (χ2v) is 7.23. The number of aromatic nitrogens is 3. The van der Waals surface area contributed by atoms with Crippen LogP contribution in [0.4, 0.5) is 10.1 Å². The Kier molecular flexibility index (Phi) is 5.89. The molecule has 32 heavy (non-hydrogen) atoms. The summed E-state index contributed by atoms with van der Waals surface area (Å²) in [6.07, 6.45) is 0.672. The molecule has 3 N–H and O–H groups in total. The topological polar surface area (TPSA) is 109 Å². The number of carbonyl (C=O) groups is 1. The number of fused-ring (bicyclic) bond motifs is 1. The molecular formula is C23H21FN4O4. The van der Waals surface area contributed by atoms with Crippen molar-refractivity contribution in [2.75, 3.05) is 11.9 Å². The molecule has 2 heterocycles. The molecule has 8 nitrogen and oxygen atoms in total. The molecular weight excluding hydrogens is 415 g/mol. The molecule has 0 aliphatic heterocycles. The van der Waals surface area contributed by atoms with Crippen molar-refractivity contribution < 1.29 is 13.9 Å². The Bertz CT molecular complexity index is 1370. The molecule has 4 aromatic rings.